The minimum absolute atomic E-state index is 0.112. The normalized spacial score (nSPS) is 20.9. The number of halogens is 2. The lowest BCUT2D eigenvalue weighted by Gasteiger charge is -2.30. The van der Waals surface area contributed by atoms with Crippen LogP contribution in [0.3, 0.4) is 0 Å². The Balaban J connectivity index is 2.00. The molecule has 1 aromatic carbocycles. The standard InChI is InChI=1S/C13H15ClFNO2/c14-11-4-3-9(6-12(11)15)7-16-5-1-2-10(8-16)13(17)18/h3-4,6,10H,1-2,5,7-8H2,(H,17,18). The summed E-state index contributed by atoms with van der Waals surface area (Å²) >= 11 is 5.62. The third-order valence-corrected chi connectivity index (χ3v) is 3.55. The summed E-state index contributed by atoms with van der Waals surface area (Å²) in [5.41, 5.74) is 0.822. The lowest BCUT2D eigenvalue weighted by Crippen LogP contribution is -2.38. The quantitative estimate of drug-likeness (QED) is 0.919. The van der Waals surface area contributed by atoms with E-state index in [9.17, 15) is 9.18 Å². The van der Waals surface area contributed by atoms with Crippen molar-refractivity contribution in [1.29, 1.82) is 0 Å². The van der Waals surface area contributed by atoms with Crippen LogP contribution in [-0.4, -0.2) is 29.1 Å². The average Bonchev–Trinajstić information content (AvgIpc) is 2.34. The summed E-state index contributed by atoms with van der Waals surface area (Å²) in [7, 11) is 0. The molecule has 0 aromatic heterocycles. The molecule has 1 heterocycles. The second kappa shape index (κ2) is 5.67. The highest BCUT2D eigenvalue weighted by molar-refractivity contribution is 6.30. The fourth-order valence-electron chi connectivity index (χ4n) is 2.30. The van der Waals surface area contributed by atoms with E-state index in [1.807, 2.05) is 4.90 Å². The molecular formula is C13H15ClFNO2. The molecule has 1 N–H and O–H groups in total. The zero-order chi connectivity index (χ0) is 13.1. The number of carboxylic acids is 1. The minimum Gasteiger partial charge on any atom is -0.481 e. The van der Waals surface area contributed by atoms with Gasteiger partial charge in [0.05, 0.1) is 10.9 Å². The summed E-state index contributed by atoms with van der Waals surface area (Å²) in [6, 6.07) is 4.72. The van der Waals surface area contributed by atoms with Gasteiger partial charge in [0.15, 0.2) is 0 Å². The first-order valence-electron chi connectivity index (χ1n) is 5.95. The summed E-state index contributed by atoms with van der Waals surface area (Å²) in [6.45, 7) is 1.95. The van der Waals surface area contributed by atoms with E-state index >= 15 is 0 Å². The summed E-state index contributed by atoms with van der Waals surface area (Å²) in [6.07, 6.45) is 1.59. The van der Waals surface area contributed by atoms with Gasteiger partial charge in [0.25, 0.3) is 0 Å². The SMILES string of the molecule is O=C(O)C1CCCN(Cc2ccc(Cl)c(F)c2)C1. The van der Waals surface area contributed by atoms with Crippen LogP contribution in [0.5, 0.6) is 0 Å². The summed E-state index contributed by atoms with van der Waals surface area (Å²) < 4.78 is 13.3. The van der Waals surface area contributed by atoms with E-state index in [1.54, 1.807) is 6.07 Å². The molecule has 0 spiro atoms. The third kappa shape index (κ3) is 3.21. The maximum atomic E-state index is 13.3. The van der Waals surface area contributed by atoms with Crippen LogP contribution in [0, 0.1) is 11.7 Å². The number of likely N-dealkylation sites (tertiary alicyclic amines) is 1. The number of rotatable bonds is 3. The summed E-state index contributed by atoms with van der Waals surface area (Å²) in [5.74, 6) is -1.49. The molecule has 0 aliphatic carbocycles. The van der Waals surface area contributed by atoms with Gasteiger partial charge in [-0.3, -0.25) is 9.69 Å². The molecule has 0 radical (unpaired) electrons. The fourth-order valence-corrected chi connectivity index (χ4v) is 2.41. The predicted octanol–water partition coefficient (Wildman–Crippen LogP) is 2.78. The van der Waals surface area contributed by atoms with E-state index in [0.717, 1.165) is 24.9 Å². The van der Waals surface area contributed by atoms with Crippen molar-refractivity contribution >= 4 is 17.6 Å². The molecule has 3 nitrogen and oxygen atoms in total. The Morgan fingerprint density at radius 3 is 3.00 bits per heavy atom. The smallest absolute Gasteiger partial charge is 0.307 e. The van der Waals surface area contributed by atoms with Crippen molar-refractivity contribution in [3.8, 4) is 0 Å². The monoisotopic (exact) mass is 271 g/mol. The van der Waals surface area contributed by atoms with Gasteiger partial charge in [0, 0.05) is 13.1 Å². The number of aliphatic carboxylic acids is 1. The van der Waals surface area contributed by atoms with E-state index in [2.05, 4.69) is 0 Å². The molecule has 0 amide bonds. The van der Waals surface area contributed by atoms with Crippen LogP contribution in [0.15, 0.2) is 18.2 Å². The average molecular weight is 272 g/mol. The third-order valence-electron chi connectivity index (χ3n) is 3.24. The molecule has 0 bridgehead atoms. The lowest BCUT2D eigenvalue weighted by atomic mass is 9.98. The largest absolute Gasteiger partial charge is 0.481 e. The van der Waals surface area contributed by atoms with Crippen LogP contribution >= 0.6 is 11.6 Å². The number of nitrogens with zero attached hydrogens (tertiary/aromatic N) is 1. The molecule has 98 valence electrons. The van der Waals surface area contributed by atoms with Gasteiger partial charge in [-0.15, -0.1) is 0 Å². The second-order valence-electron chi connectivity index (χ2n) is 4.66. The van der Waals surface area contributed by atoms with Gasteiger partial charge in [-0.05, 0) is 37.1 Å². The van der Waals surface area contributed by atoms with E-state index in [4.69, 9.17) is 16.7 Å². The lowest BCUT2D eigenvalue weighted by molar-refractivity contribution is -0.143. The first-order valence-corrected chi connectivity index (χ1v) is 6.33. The van der Waals surface area contributed by atoms with Crippen molar-refractivity contribution in [2.24, 2.45) is 5.92 Å². The molecule has 18 heavy (non-hydrogen) atoms. The van der Waals surface area contributed by atoms with E-state index in [0.29, 0.717) is 13.1 Å². The Labute approximate surface area is 110 Å². The first kappa shape index (κ1) is 13.3. The maximum absolute atomic E-state index is 13.3. The van der Waals surface area contributed by atoms with Crippen molar-refractivity contribution in [2.45, 2.75) is 19.4 Å². The van der Waals surface area contributed by atoms with E-state index < -0.39 is 11.8 Å². The van der Waals surface area contributed by atoms with Gasteiger partial charge in [0.1, 0.15) is 5.82 Å². The molecule has 5 heteroatoms. The molecule has 1 unspecified atom stereocenters. The zero-order valence-electron chi connectivity index (χ0n) is 9.90. The van der Waals surface area contributed by atoms with Gasteiger partial charge in [0.2, 0.25) is 0 Å². The maximum Gasteiger partial charge on any atom is 0.307 e. The minimum atomic E-state index is -0.748. The number of hydrogen-bond acceptors (Lipinski definition) is 2. The van der Waals surface area contributed by atoms with E-state index in [-0.39, 0.29) is 10.9 Å². The molecular weight excluding hydrogens is 257 g/mol. The van der Waals surface area contributed by atoms with Crippen LogP contribution in [-0.2, 0) is 11.3 Å². The number of carboxylic acid groups (broad SMARTS) is 1. The van der Waals surface area contributed by atoms with Gasteiger partial charge in [-0.1, -0.05) is 17.7 Å². The van der Waals surface area contributed by atoms with Crippen molar-refractivity contribution < 1.29 is 14.3 Å². The number of carbonyl (C=O) groups is 1. The Hall–Kier alpha value is -1.13. The van der Waals surface area contributed by atoms with Crippen LogP contribution in [0.25, 0.3) is 0 Å². The van der Waals surface area contributed by atoms with Gasteiger partial charge in [-0.25, -0.2) is 4.39 Å². The molecule has 1 aliphatic rings. The molecule has 1 fully saturated rings. The van der Waals surface area contributed by atoms with Crippen LogP contribution in [0.2, 0.25) is 5.02 Å². The first-order chi connectivity index (χ1) is 8.56. The Kier molecular flexibility index (Phi) is 4.19. The Morgan fingerprint density at radius 1 is 1.56 bits per heavy atom. The van der Waals surface area contributed by atoms with Crippen molar-refractivity contribution in [1.82, 2.24) is 4.90 Å². The summed E-state index contributed by atoms with van der Waals surface area (Å²) in [4.78, 5) is 13.0. The predicted molar refractivity (Wildman–Crippen MR) is 67.0 cm³/mol. The highest BCUT2D eigenvalue weighted by Crippen LogP contribution is 2.21. The van der Waals surface area contributed by atoms with Crippen LogP contribution < -0.4 is 0 Å². The van der Waals surface area contributed by atoms with Gasteiger partial charge >= 0.3 is 5.97 Å². The molecule has 0 saturated carbocycles. The molecule has 1 atom stereocenters. The zero-order valence-corrected chi connectivity index (χ0v) is 10.7. The van der Waals surface area contributed by atoms with Gasteiger partial charge in [-0.2, -0.15) is 0 Å². The molecule has 1 saturated heterocycles. The molecule has 1 aliphatic heterocycles. The molecule has 1 aromatic rings. The van der Waals surface area contributed by atoms with Crippen molar-refractivity contribution in [3.63, 3.8) is 0 Å². The highest BCUT2D eigenvalue weighted by Gasteiger charge is 2.25. The fraction of sp³-hybridized carbons (Fsp3) is 0.462. The topological polar surface area (TPSA) is 40.5 Å². The summed E-state index contributed by atoms with van der Waals surface area (Å²) in [5, 5.41) is 9.11. The van der Waals surface area contributed by atoms with E-state index in [1.165, 1.54) is 12.1 Å². The Bertz CT molecular complexity index is 453. The Morgan fingerprint density at radius 2 is 2.33 bits per heavy atom. The highest BCUT2D eigenvalue weighted by atomic mass is 35.5. The molecule has 2 rings (SSSR count). The van der Waals surface area contributed by atoms with Crippen LogP contribution in [0.1, 0.15) is 18.4 Å². The second-order valence-corrected chi connectivity index (χ2v) is 5.07. The number of hydrogen-bond donors (Lipinski definition) is 1. The number of benzene rings is 1. The van der Waals surface area contributed by atoms with Gasteiger partial charge < -0.3 is 5.11 Å². The van der Waals surface area contributed by atoms with Crippen molar-refractivity contribution in [3.05, 3.63) is 34.6 Å². The van der Waals surface area contributed by atoms with Crippen molar-refractivity contribution in [2.75, 3.05) is 13.1 Å². The number of piperidine rings is 1. The van der Waals surface area contributed by atoms with Crippen LogP contribution in [0.4, 0.5) is 4.39 Å².